The van der Waals surface area contributed by atoms with Gasteiger partial charge >= 0.3 is 0 Å². The topological polar surface area (TPSA) is 21.6 Å². The maximum absolute atomic E-state index is 5.61. The van der Waals surface area contributed by atoms with Gasteiger partial charge in [-0.3, -0.25) is 4.99 Å². The van der Waals surface area contributed by atoms with Gasteiger partial charge in [0.05, 0.1) is 6.61 Å². The minimum Gasteiger partial charge on any atom is -0.493 e. The summed E-state index contributed by atoms with van der Waals surface area (Å²) in [5, 5.41) is 0. The zero-order valence-electron chi connectivity index (χ0n) is 9.08. The molecule has 1 rings (SSSR count). The summed E-state index contributed by atoms with van der Waals surface area (Å²) in [5.41, 5.74) is 2.28. The molecule has 1 aromatic carbocycles. The van der Waals surface area contributed by atoms with Gasteiger partial charge in [0.15, 0.2) is 0 Å². The van der Waals surface area contributed by atoms with E-state index in [0.717, 1.165) is 29.9 Å². The van der Waals surface area contributed by atoms with Gasteiger partial charge in [0.2, 0.25) is 0 Å². The Balaban J connectivity index is 2.89. The van der Waals surface area contributed by atoms with Crippen molar-refractivity contribution < 1.29 is 4.74 Å². The van der Waals surface area contributed by atoms with Crippen molar-refractivity contribution in [2.24, 2.45) is 4.99 Å². The zero-order chi connectivity index (χ0) is 10.4. The van der Waals surface area contributed by atoms with Crippen LogP contribution in [0.5, 0.6) is 5.75 Å². The number of benzene rings is 1. The van der Waals surface area contributed by atoms with Crippen LogP contribution in [-0.4, -0.2) is 19.9 Å². The van der Waals surface area contributed by atoms with Gasteiger partial charge in [0, 0.05) is 13.3 Å². The third kappa shape index (κ3) is 2.59. The molecule has 0 fully saturated rings. The van der Waals surface area contributed by atoms with Gasteiger partial charge in [0.25, 0.3) is 0 Å². The first kappa shape index (κ1) is 10.8. The molecule has 0 aliphatic rings. The first-order valence-electron chi connectivity index (χ1n) is 4.94. The molecule has 0 heterocycles. The number of aliphatic imine (C=N–C) groups is 1. The van der Waals surface area contributed by atoms with Crippen molar-refractivity contribution in [3.8, 4) is 5.75 Å². The van der Waals surface area contributed by atoms with Crippen LogP contribution in [0.3, 0.4) is 0 Å². The SMILES string of the molecule is CCCOc1cccc(C=NC)c1C. The highest BCUT2D eigenvalue weighted by atomic mass is 16.5. The summed E-state index contributed by atoms with van der Waals surface area (Å²) in [6.07, 6.45) is 2.89. The maximum atomic E-state index is 5.61. The van der Waals surface area contributed by atoms with E-state index in [-0.39, 0.29) is 0 Å². The highest BCUT2D eigenvalue weighted by Crippen LogP contribution is 2.20. The average Bonchev–Trinajstić information content (AvgIpc) is 2.20. The molecule has 0 spiro atoms. The third-order valence-electron chi connectivity index (χ3n) is 2.06. The summed E-state index contributed by atoms with van der Waals surface area (Å²) in [7, 11) is 1.78. The summed E-state index contributed by atoms with van der Waals surface area (Å²) < 4.78 is 5.61. The van der Waals surface area contributed by atoms with E-state index in [1.165, 1.54) is 0 Å². The monoisotopic (exact) mass is 191 g/mol. The smallest absolute Gasteiger partial charge is 0.122 e. The van der Waals surface area contributed by atoms with Gasteiger partial charge in [-0.15, -0.1) is 0 Å². The predicted molar refractivity (Wildman–Crippen MR) is 60.5 cm³/mol. The third-order valence-corrected chi connectivity index (χ3v) is 2.06. The van der Waals surface area contributed by atoms with E-state index in [9.17, 15) is 0 Å². The fourth-order valence-corrected chi connectivity index (χ4v) is 1.28. The number of hydrogen-bond donors (Lipinski definition) is 0. The van der Waals surface area contributed by atoms with Gasteiger partial charge in [-0.05, 0) is 30.5 Å². The first-order valence-corrected chi connectivity index (χ1v) is 4.94. The quantitative estimate of drug-likeness (QED) is 0.671. The van der Waals surface area contributed by atoms with Crippen molar-refractivity contribution in [1.29, 1.82) is 0 Å². The molecule has 0 atom stereocenters. The largest absolute Gasteiger partial charge is 0.493 e. The summed E-state index contributed by atoms with van der Waals surface area (Å²) in [6, 6.07) is 6.04. The number of rotatable bonds is 4. The molecule has 0 N–H and O–H groups in total. The molecule has 2 nitrogen and oxygen atoms in total. The first-order chi connectivity index (χ1) is 6.79. The molecule has 0 saturated carbocycles. The van der Waals surface area contributed by atoms with Crippen LogP contribution in [0.1, 0.15) is 24.5 Å². The maximum Gasteiger partial charge on any atom is 0.122 e. The molecule has 76 valence electrons. The number of ether oxygens (including phenoxy) is 1. The highest BCUT2D eigenvalue weighted by Gasteiger charge is 2.01. The summed E-state index contributed by atoms with van der Waals surface area (Å²) in [6.45, 7) is 4.93. The van der Waals surface area contributed by atoms with Crippen molar-refractivity contribution in [3.05, 3.63) is 29.3 Å². The normalized spacial score (nSPS) is 10.8. The zero-order valence-corrected chi connectivity index (χ0v) is 9.08. The van der Waals surface area contributed by atoms with E-state index in [2.05, 4.69) is 18.8 Å². The van der Waals surface area contributed by atoms with E-state index < -0.39 is 0 Å². The fourth-order valence-electron chi connectivity index (χ4n) is 1.28. The second-order valence-electron chi connectivity index (χ2n) is 3.21. The number of hydrogen-bond acceptors (Lipinski definition) is 2. The summed E-state index contributed by atoms with van der Waals surface area (Å²) in [4.78, 5) is 4.01. The van der Waals surface area contributed by atoms with Crippen LogP contribution < -0.4 is 4.74 Å². The van der Waals surface area contributed by atoms with Crippen molar-refractivity contribution in [2.75, 3.05) is 13.7 Å². The van der Waals surface area contributed by atoms with E-state index in [4.69, 9.17) is 4.74 Å². The van der Waals surface area contributed by atoms with Crippen molar-refractivity contribution in [2.45, 2.75) is 20.3 Å². The molecule has 0 aliphatic heterocycles. The molecule has 0 aromatic heterocycles. The minimum absolute atomic E-state index is 0.771. The Morgan fingerprint density at radius 2 is 2.21 bits per heavy atom. The molecule has 1 aromatic rings. The lowest BCUT2D eigenvalue weighted by Gasteiger charge is -2.09. The standard InChI is InChI=1S/C12H17NO/c1-4-8-14-12-7-5-6-11(9-13-3)10(12)2/h5-7,9H,4,8H2,1-3H3. The molecule has 0 aliphatic carbocycles. The Kier molecular flexibility index (Phi) is 4.17. The summed E-state index contributed by atoms with van der Waals surface area (Å²) in [5.74, 6) is 0.962. The molecule has 0 amide bonds. The van der Waals surface area contributed by atoms with Crippen LogP contribution >= 0.6 is 0 Å². The van der Waals surface area contributed by atoms with Crippen molar-refractivity contribution in [3.63, 3.8) is 0 Å². The van der Waals surface area contributed by atoms with Gasteiger partial charge in [-0.25, -0.2) is 0 Å². The van der Waals surface area contributed by atoms with Crippen LogP contribution in [-0.2, 0) is 0 Å². The Labute approximate surface area is 85.6 Å². The molecule has 0 unspecified atom stereocenters. The van der Waals surface area contributed by atoms with Crippen molar-refractivity contribution >= 4 is 6.21 Å². The van der Waals surface area contributed by atoms with Gasteiger partial charge in [0.1, 0.15) is 5.75 Å². The van der Waals surface area contributed by atoms with Crippen molar-refractivity contribution in [1.82, 2.24) is 0 Å². The molecule has 2 heteroatoms. The lowest BCUT2D eigenvalue weighted by molar-refractivity contribution is 0.315. The van der Waals surface area contributed by atoms with E-state index in [1.54, 1.807) is 7.05 Å². The molecule has 0 bridgehead atoms. The van der Waals surface area contributed by atoms with E-state index in [0.29, 0.717) is 0 Å². The van der Waals surface area contributed by atoms with Crippen LogP contribution in [0, 0.1) is 6.92 Å². The van der Waals surface area contributed by atoms with Gasteiger partial charge < -0.3 is 4.74 Å². The Morgan fingerprint density at radius 3 is 2.86 bits per heavy atom. The second kappa shape index (κ2) is 5.43. The van der Waals surface area contributed by atoms with Gasteiger partial charge in [-0.2, -0.15) is 0 Å². The molecule has 0 radical (unpaired) electrons. The Hall–Kier alpha value is -1.31. The lowest BCUT2D eigenvalue weighted by atomic mass is 10.1. The Morgan fingerprint density at radius 1 is 1.43 bits per heavy atom. The van der Waals surface area contributed by atoms with Crippen LogP contribution in [0.4, 0.5) is 0 Å². The Bertz CT molecular complexity index is 318. The van der Waals surface area contributed by atoms with Gasteiger partial charge in [-0.1, -0.05) is 19.1 Å². The highest BCUT2D eigenvalue weighted by molar-refractivity contribution is 5.82. The van der Waals surface area contributed by atoms with Crippen LogP contribution in [0.2, 0.25) is 0 Å². The lowest BCUT2D eigenvalue weighted by Crippen LogP contribution is -1.98. The van der Waals surface area contributed by atoms with Crippen LogP contribution in [0.15, 0.2) is 23.2 Å². The number of nitrogens with zero attached hydrogens (tertiary/aromatic N) is 1. The molecular weight excluding hydrogens is 174 g/mol. The minimum atomic E-state index is 0.771. The molecular formula is C12H17NO. The van der Waals surface area contributed by atoms with E-state index >= 15 is 0 Å². The summed E-state index contributed by atoms with van der Waals surface area (Å²) >= 11 is 0. The molecule has 0 saturated heterocycles. The fraction of sp³-hybridized carbons (Fsp3) is 0.417. The van der Waals surface area contributed by atoms with E-state index in [1.807, 2.05) is 24.4 Å². The molecule has 14 heavy (non-hydrogen) atoms. The second-order valence-corrected chi connectivity index (χ2v) is 3.21. The predicted octanol–water partition coefficient (Wildman–Crippen LogP) is 2.83. The van der Waals surface area contributed by atoms with Crippen LogP contribution in [0.25, 0.3) is 0 Å². The average molecular weight is 191 g/mol.